The van der Waals surface area contributed by atoms with Crippen LogP contribution in [0.5, 0.6) is 0 Å². The Morgan fingerprint density at radius 2 is 2.26 bits per heavy atom. The molecule has 2 rings (SSSR count). The number of aromatic nitrogens is 1. The third-order valence-electron chi connectivity index (χ3n) is 2.45. The largest absolute Gasteiger partial charge is 0.477 e. The predicted molar refractivity (Wildman–Crippen MR) is 73.5 cm³/mol. The Balaban J connectivity index is 2.35. The minimum Gasteiger partial charge on any atom is -0.477 e. The first-order valence-corrected chi connectivity index (χ1v) is 6.30. The number of hydrogen-bond acceptors (Lipinski definition) is 4. The second-order valence-corrected chi connectivity index (χ2v) is 4.98. The lowest BCUT2D eigenvalue weighted by Gasteiger charge is -1.97. The molecule has 0 fully saturated rings. The number of hydrogen-bond donors (Lipinski definition) is 1. The van der Waals surface area contributed by atoms with E-state index in [1.54, 1.807) is 18.3 Å². The highest BCUT2D eigenvalue weighted by molar-refractivity contribution is 7.16. The molecule has 0 unspecified atom stereocenters. The molecular formula is C14H10N2O2S. The van der Waals surface area contributed by atoms with E-state index in [9.17, 15) is 4.79 Å². The van der Waals surface area contributed by atoms with Gasteiger partial charge in [-0.3, -0.25) is 4.98 Å². The summed E-state index contributed by atoms with van der Waals surface area (Å²) in [7, 11) is 0. The van der Waals surface area contributed by atoms with Crippen molar-refractivity contribution in [2.75, 3.05) is 0 Å². The lowest BCUT2D eigenvalue weighted by atomic mass is 10.2. The van der Waals surface area contributed by atoms with E-state index in [-0.39, 0.29) is 5.57 Å². The molecule has 5 heteroatoms. The highest BCUT2D eigenvalue weighted by Gasteiger charge is 2.08. The van der Waals surface area contributed by atoms with Crippen LogP contribution in [0.1, 0.15) is 10.6 Å². The van der Waals surface area contributed by atoms with Gasteiger partial charge in [0, 0.05) is 21.6 Å². The Bertz CT molecular complexity index is 695. The van der Waals surface area contributed by atoms with Crippen LogP contribution in [0.25, 0.3) is 16.5 Å². The van der Waals surface area contributed by atoms with Crippen molar-refractivity contribution in [2.24, 2.45) is 0 Å². The monoisotopic (exact) mass is 270 g/mol. The summed E-state index contributed by atoms with van der Waals surface area (Å²) in [6.45, 7) is 1.91. The second-order valence-electron chi connectivity index (χ2n) is 3.86. The Morgan fingerprint density at radius 1 is 1.47 bits per heavy atom. The molecule has 1 N–H and O–H groups in total. The molecule has 94 valence electrons. The number of rotatable bonds is 3. The fourth-order valence-electron chi connectivity index (χ4n) is 1.57. The summed E-state index contributed by atoms with van der Waals surface area (Å²) >= 11 is 1.44. The lowest BCUT2D eigenvalue weighted by Crippen LogP contribution is -1.96. The predicted octanol–water partition coefficient (Wildman–Crippen LogP) is 3.11. The summed E-state index contributed by atoms with van der Waals surface area (Å²) in [5, 5.41) is 17.5. The summed E-state index contributed by atoms with van der Waals surface area (Å²) in [5.41, 5.74) is 1.69. The van der Waals surface area contributed by atoms with E-state index in [0.29, 0.717) is 0 Å². The summed E-state index contributed by atoms with van der Waals surface area (Å²) < 4.78 is 0. The van der Waals surface area contributed by atoms with Crippen molar-refractivity contribution in [1.29, 1.82) is 5.26 Å². The number of nitrogens with zero attached hydrogens (tertiary/aromatic N) is 2. The van der Waals surface area contributed by atoms with Crippen LogP contribution in [0.3, 0.4) is 0 Å². The molecule has 0 aromatic carbocycles. The van der Waals surface area contributed by atoms with Crippen LogP contribution >= 0.6 is 11.3 Å². The zero-order valence-electron chi connectivity index (χ0n) is 10.1. The van der Waals surface area contributed by atoms with Crippen molar-refractivity contribution in [3.8, 4) is 16.5 Å². The number of aryl methyl sites for hydroxylation is 1. The van der Waals surface area contributed by atoms with Gasteiger partial charge in [-0.25, -0.2) is 4.79 Å². The van der Waals surface area contributed by atoms with Gasteiger partial charge in [-0.1, -0.05) is 0 Å². The van der Waals surface area contributed by atoms with Crippen molar-refractivity contribution in [3.05, 3.63) is 46.6 Å². The first-order valence-electron chi connectivity index (χ1n) is 5.48. The zero-order chi connectivity index (χ0) is 13.8. The lowest BCUT2D eigenvalue weighted by molar-refractivity contribution is -0.132. The molecule has 0 saturated carbocycles. The average Bonchev–Trinajstić information content (AvgIpc) is 2.84. The first-order chi connectivity index (χ1) is 9.10. The topological polar surface area (TPSA) is 74.0 Å². The van der Waals surface area contributed by atoms with Crippen LogP contribution in [0.15, 0.2) is 36.0 Å². The van der Waals surface area contributed by atoms with Gasteiger partial charge in [-0.05, 0) is 42.8 Å². The van der Waals surface area contributed by atoms with E-state index in [2.05, 4.69) is 4.98 Å². The van der Waals surface area contributed by atoms with Crippen LogP contribution in [0.4, 0.5) is 0 Å². The molecular weight excluding hydrogens is 260 g/mol. The van der Waals surface area contributed by atoms with E-state index < -0.39 is 5.97 Å². The van der Waals surface area contributed by atoms with Crippen LogP contribution < -0.4 is 0 Å². The molecule has 0 aliphatic carbocycles. The van der Waals surface area contributed by atoms with E-state index in [4.69, 9.17) is 10.4 Å². The van der Waals surface area contributed by atoms with Gasteiger partial charge in [-0.15, -0.1) is 11.3 Å². The fourth-order valence-corrected chi connectivity index (χ4v) is 2.52. The summed E-state index contributed by atoms with van der Waals surface area (Å²) in [6.07, 6.45) is 3.11. The van der Waals surface area contributed by atoms with Gasteiger partial charge in [0.2, 0.25) is 0 Å². The van der Waals surface area contributed by atoms with Gasteiger partial charge in [0.15, 0.2) is 0 Å². The quantitative estimate of drug-likeness (QED) is 0.687. The number of thiophene rings is 1. The molecule has 2 aromatic heterocycles. The summed E-state index contributed by atoms with van der Waals surface area (Å²) in [4.78, 5) is 16.6. The van der Waals surface area contributed by atoms with Crippen molar-refractivity contribution >= 4 is 23.4 Å². The van der Waals surface area contributed by atoms with Crippen molar-refractivity contribution < 1.29 is 9.90 Å². The Morgan fingerprint density at radius 3 is 2.89 bits per heavy atom. The van der Waals surface area contributed by atoms with Gasteiger partial charge in [0.05, 0.1) is 0 Å². The molecule has 4 nitrogen and oxygen atoms in total. The molecule has 19 heavy (non-hydrogen) atoms. The Kier molecular flexibility index (Phi) is 3.74. The molecule has 0 radical (unpaired) electrons. The van der Waals surface area contributed by atoms with Crippen molar-refractivity contribution in [3.63, 3.8) is 0 Å². The SMILES string of the molecule is Cc1cc(-c2ccc(C=C(C#N)C(=O)O)s2)ccn1. The number of pyridine rings is 1. The molecule has 0 amide bonds. The summed E-state index contributed by atoms with van der Waals surface area (Å²) in [6, 6.07) is 9.23. The van der Waals surface area contributed by atoms with Gasteiger partial charge in [0.1, 0.15) is 11.6 Å². The third-order valence-corrected chi connectivity index (χ3v) is 3.53. The smallest absolute Gasteiger partial charge is 0.346 e. The molecule has 0 aliphatic rings. The van der Waals surface area contributed by atoms with Gasteiger partial charge < -0.3 is 5.11 Å². The zero-order valence-corrected chi connectivity index (χ0v) is 10.9. The third kappa shape index (κ3) is 3.06. The van der Waals surface area contributed by atoms with E-state index in [1.165, 1.54) is 17.4 Å². The maximum Gasteiger partial charge on any atom is 0.346 e. The molecule has 2 heterocycles. The molecule has 2 aromatic rings. The molecule has 0 aliphatic heterocycles. The number of carbonyl (C=O) groups is 1. The summed E-state index contributed by atoms with van der Waals surface area (Å²) in [5.74, 6) is -1.21. The normalized spacial score (nSPS) is 11.1. The second kappa shape index (κ2) is 5.46. The molecule has 0 spiro atoms. The van der Waals surface area contributed by atoms with Gasteiger partial charge in [0.25, 0.3) is 0 Å². The maximum absolute atomic E-state index is 10.8. The maximum atomic E-state index is 10.8. The van der Waals surface area contributed by atoms with Crippen LogP contribution in [0, 0.1) is 18.3 Å². The number of nitriles is 1. The number of carboxylic acid groups (broad SMARTS) is 1. The standard InChI is InChI=1S/C14H10N2O2S/c1-9-6-10(4-5-16-9)13-3-2-12(19-13)7-11(8-15)14(17)18/h2-7H,1H3,(H,17,18). The van der Waals surface area contributed by atoms with E-state index in [1.807, 2.05) is 25.1 Å². The van der Waals surface area contributed by atoms with Crippen LogP contribution in [-0.2, 0) is 4.79 Å². The first kappa shape index (κ1) is 13.0. The Labute approximate surface area is 114 Å². The van der Waals surface area contributed by atoms with Crippen LogP contribution in [0.2, 0.25) is 0 Å². The molecule has 0 bridgehead atoms. The average molecular weight is 270 g/mol. The van der Waals surface area contributed by atoms with Crippen molar-refractivity contribution in [1.82, 2.24) is 4.98 Å². The number of aliphatic carboxylic acids is 1. The molecule has 0 saturated heterocycles. The Hall–Kier alpha value is -2.45. The van der Waals surface area contributed by atoms with Crippen LogP contribution in [-0.4, -0.2) is 16.1 Å². The van der Waals surface area contributed by atoms with Gasteiger partial charge in [-0.2, -0.15) is 5.26 Å². The highest BCUT2D eigenvalue weighted by atomic mass is 32.1. The minimum atomic E-state index is -1.21. The fraction of sp³-hybridized carbons (Fsp3) is 0.0714. The van der Waals surface area contributed by atoms with E-state index >= 15 is 0 Å². The van der Waals surface area contributed by atoms with Gasteiger partial charge >= 0.3 is 5.97 Å². The van der Waals surface area contributed by atoms with Crippen molar-refractivity contribution in [2.45, 2.75) is 6.92 Å². The highest BCUT2D eigenvalue weighted by Crippen LogP contribution is 2.29. The minimum absolute atomic E-state index is 0.265. The van der Waals surface area contributed by atoms with E-state index in [0.717, 1.165) is 21.0 Å². The molecule has 0 atom stereocenters. The number of carboxylic acids is 1.